The van der Waals surface area contributed by atoms with Gasteiger partial charge >= 0.3 is 0 Å². The van der Waals surface area contributed by atoms with Crippen LogP contribution in [0.2, 0.25) is 5.02 Å². The summed E-state index contributed by atoms with van der Waals surface area (Å²) in [6, 6.07) is 19.9. The molecule has 10 heteroatoms. The van der Waals surface area contributed by atoms with E-state index in [1.807, 2.05) is 36.6 Å². The Labute approximate surface area is 228 Å². The third-order valence-corrected chi connectivity index (χ3v) is 7.21. The van der Waals surface area contributed by atoms with Crippen LogP contribution in [0.25, 0.3) is 6.08 Å². The number of amides is 3. The minimum absolute atomic E-state index is 0.221. The van der Waals surface area contributed by atoms with Crippen molar-refractivity contribution in [1.29, 1.82) is 0 Å². The summed E-state index contributed by atoms with van der Waals surface area (Å²) in [6.45, 7) is -0.0400. The summed E-state index contributed by atoms with van der Waals surface area (Å²) < 4.78 is 11.3. The maximum Gasteiger partial charge on any atom is 0.294 e. The Balaban J connectivity index is 1.41. The Morgan fingerprint density at radius 3 is 2.59 bits per heavy atom. The molecule has 0 saturated carbocycles. The fourth-order valence-corrected chi connectivity index (χ4v) is 4.89. The number of benzene rings is 3. The van der Waals surface area contributed by atoms with E-state index < -0.39 is 17.1 Å². The quantitative estimate of drug-likeness (QED) is 0.244. The number of nitrogens with zero attached hydrogens (tertiary/aromatic N) is 1. The monoisotopic (exact) mass is 554 g/mol. The molecule has 0 aromatic heterocycles. The van der Waals surface area contributed by atoms with Crippen molar-refractivity contribution in [3.8, 4) is 11.5 Å². The first-order valence-corrected chi connectivity index (χ1v) is 13.5. The van der Waals surface area contributed by atoms with Crippen LogP contribution in [0, 0.1) is 0 Å². The Bertz CT molecular complexity index is 1360. The molecule has 0 unspecified atom stereocenters. The van der Waals surface area contributed by atoms with Crippen LogP contribution in [0.15, 0.2) is 76.5 Å². The first kappa shape index (κ1) is 26.7. The number of anilines is 1. The van der Waals surface area contributed by atoms with Crippen molar-refractivity contribution < 1.29 is 23.9 Å². The van der Waals surface area contributed by atoms with Gasteiger partial charge in [0.15, 0.2) is 11.5 Å². The number of rotatable bonds is 9. The summed E-state index contributed by atoms with van der Waals surface area (Å²) in [7, 11) is 1.52. The summed E-state index contributed by atoms with van der Waals surface area (Å²) in [4.78, 5) is 40.0. The highest BCUT2D eigenvalue weighted by molar-refractivity contribution is 8.18. The van der Waals surface area contributed by atoms with Crippen LogP contribution in [0.3, 0.4) is 0 Å². The van der Waals surface area contributed by atoms with Crippen LogP contribution in [0.5, 0.6) is 11.5 Å². The third-order valence-electron chi connectivity index (χ3n) is 5.32. The summed E-state index contributed by atoms with van der Waals surface area (Å²) in [5.74, 6) is 0.0365. The molecule has 1 heterocycles. The van der Waals surface area contributed by atoms with Crippen LogP contribution >= 0.6 is 35.1 Å². The third kappa shape index (κ3) is 6.88. The van der Waals surface area contributed by atoms with E-state index in [-0.39, 0.29) is 11.4 Å². The maximum absolute atomic E-state index is 12.9. The second kappa shape index (κ2) is 12.2. The number of imide groups is 1. The van der Waals surface area contributed by atoms with Gasteiger partial charge in [-0.15, -0.1) is 11.8 Å². The van der Waals surface area contributed by atoms with Gasteiger partial charge in [0.2, 0.25) is 5.91 Å². The highest BCUT2D eigenvalue weighted by Crippen LogP contribution is 2.35. The normalized spacial score (nSPS) is 14.2. The van der Waals surface area contributed by atoms with Crippen molar-refractivity contribution in [2.45, 2.75) is 11.5 Å². The average Bonchev–Trinajstić information content (AvgIpc) is 3.15. The smallest absolute Gasteiger partial charge is 0.294 e. The molecule has 37 heavy (non-hydrogen) atoms. The highest BCUT2D eigenvalue weighted by atomic mass is 35.5. The first-order valence-electron chi connectivity index (χ1n) is 11.1. The lowest BCUT2D eigenvalue weighted by atomic mass is 10.1. The Kier molecular flexibility index (Phi) is 8.81. The number of halogens is 1. The highest BCUT2D eigenvalue weighted by Gasteiger charge is 2.36. The van der Waals surface area contributed by atoms with E-state index in [9.17, 15) is 14.4 Å². The lowest BCUT2D eigenvalue weighted by Crippen LogP contribution is -2.36. The molecule has 0 spiro atoms. The van der Waals surface area contributed by atoms with E-state index in [2.05, 4.69) is 5.32 Å². The second-order valence-electron chi connectivity index (χ2n) is 7.87. The minimum Gasteiger partial charge on any atom is -0.493 e. The summed E-state index contributed by atoms with van der Waals surface area (Å²) in [5, 5.41) is 2.88. The average molecular weight is 555 g/mol. The predicted octanol–water partition coefficient (Wildman–Crippen LogP) is 6.32. The molecule has 3 aromatic carbocycles. The van der Waals surface area contributed by atoms with Crippen molar-refractivity contribution >= 4 is 63.9 Å². The van der Waals surface area contributed by atoms with Crippen molar-refractivity contribution in [2.24, 2.45) is 0 Å². The molecule has 7 nitrogen and oxygen atoms in total. The number of nitrogens with one attached hydrogen (secondary N) is 1. The fraction of sp³-hybridized carbons (Fsp3) is 0.148. The molecule has 0 radical (unpaired) electrons. The molecule has 1 fully saturated rings. The van der Waals surface area contributed by atoms with Gasteiger partial charge in [-0.05, 0) is 77.7 Å². The molecule has 4 rings (SSSR count). The molecular formula is C27H23ClN2O5S2. The van der Waals surface area contributed by atoms with Crippen molar-refractivity contribution in [1.82, 2.24) is 4.90 Å². The molecule has 3 aromatic rings. The number of hydrogen-bond acceptors (Lipinski definition) is 7. The zero-order chi connectivity index (χ0) is 26.4. The van der Waals surface area contributed by atoms with Crippen LogP contribution in [-0.4, -0.2) is 41.9 Å². The Morgan fingerprint density at radius 1 is 1.08 bits per heavy atom. The number of carbonyl (C=O) groups excluding carboxylic acids is 3. The molecule has 0 bridgehead atoms. The SMILES string of the molecule is COc1cc(/C=C2/SC(=O)N(CC(=O)Nc3cccc(SC)c3)C2=O)ccc1OCc1ccc(Cl)cc1. The van der Waals surface area contributed by atoms with Gasteiger partial charge < -0.3 is 14.8 Å². The van der Waals surface area contributed by atoms with Gasteiger partial charge in [0.1, 0.15) is 13.2 Å². The predicted molar refractivity (Wildman–Crippen MR) is 148 cm³/mol. The molecule has 190 valence electrons. The maximum atomic E-state index is 12.9. The van der Waals surface area contributed by atoms with E-state index in [1.54, 1.807) is 54.2 Å². The molecule has 1 N–H and O–H groups in total. The van der Waals surface area contributed by atoms with Gasteiger partial charge in [-0.25, -0.2) is 0 Å². The number of ether oxygens (including phenoxy) is 2. The fourth-order valence-electron chi connectivity index (χ4n) is 3.47. The lowest BCUT2D eigenvalue weighted by Gasteiger charge is -2.13. The van der Waals surface area contributed by atoms with E-state index in [0.717, 1.165) is 27.1 Å². The second-order valence-corrected chi connectivity index (χ2v) is 10.2. The minimum atomic E-state index is -0.523. The molecule has 1 aliphatic rings. The zero-order valence-corrected chi connectivity index (χ0v) is 22.4. The van der Waals surface area contributed by atoms with Gasteiger partial charge in [-0.3, -0.25) is 19.3 Å². The van der Waals surface area contributed by atoms with E-state index >= 15 is 0 Å². The number of methoxy groups -OCH3 is 1. The van der Waals surface area contributed by atoms with Crippen LogP contribution in [0.4, 0.5) is 10.5 Å². The van der Waals surface area contributed by atoms with Crippen LogP contribution < -0.4 is 14.8 Å². The van der Waals surface area contributed by atoms with Crippen molar-refractivity contribution in [3.05, 3.63) is 87.8 Å². The molecule has 1 aliphatic heterocycles. The standard InChI is InChI=1S/C27H23ClN2O5S2/c1-34-23-12-18(8-11-22(23)35-16-17-6-9-19(28)10-7-17)13-24-26(32)30(27(33)37-24)15-25(31)29-20-4-3-5-21(14-20)36-2/h3-14H,15-16H2,1-2H3,(H,29,31)/b24-13+. The van der Waals surface area contributed by atoms with Crippen molar-refractivity contribution in [3.63, 3.8) is 0 Å². The largest absolute Gasteiger partial charge is 0.493 e. The molecule has 0 aliphatic carbocycles. The Morgan fingerprint density at radius 2 is 1.86 bits per heavy atom. The molecule has 0 atom stereocenters. The van der Waals surface area contributed by atoms with Gasteiger partial charge in [-0.2, -0.15) is 0 Å². The topological polar surface area (TPSA) is 84.9 Å². The molecular weight excluding hydrogens is 532 g/mol. The van der Waals surface area contributed by atoms with Gasteiger partial charge in [-0.1, -0.05) is 35.9 Å². The summed E-state index contributed by atoms with van der Waals surface area (Å²) >= 11 is 8.26. The Hall–Kier alpha value is -3.40. The van der Waals surface area contributed by atoms with Gasteiger partial charge in [0.05, 0.1) is 12.0 Å². The van der Waals surface area contributed by atoms with Crippen LogP contribution in [-0.2, 0) is 16.2 Å². The van der Waals surface area contributed by atoms with E-state index in [4.69, 9.17) is 21.1 Å². The zero-order valence-electron chi connectivity index (χ0n) is 20.0. The summed E-state index contributed by atoms with van der Waals surface area (Å²) in [5.41, 5.74) is 2.20. The van der Waals surface area contributed by atoms with E-state index in [1.165, 1.54) is 7.11 Å². The van der Waals surface area contributed by atoms with E-state index in [0.29, 0.717) is 34.4 Å². The molecule has 3 amide bonds. The first-order chi connectivity index (χ1) is 17.9. The lowest BCUT2D eigenvalue weighted by molar-refractivity contribution is -0.127. The number of hydrogen-bond donors (Lipinski definition) is 1. The summed E-state index contributed by atoms with van der Waals surface area (Å²) in [6.07, 6.45) is 3.53. The molecule has 1 saturated heterocycles. The van der Waals surface area contributed by atoms with Gasteiger partial charge in [0.25, 0.3) is 11.1 Å². The van der Waals surface area contributed by atoms with Gasteiger partial charge in [0, 0.05) is 15.6 Å². The number of thioether (sulfide) groups is 2. The van der Waals surface area contributed by atoms with Crippen LogP contribution in [0.1, 0.15) is 11.1 Å². The number of carbonyl (C=O) groups is 3. The van der Waals surface area contributed by atoms with Crippen molar-refractivity contribution in [2.75, 3.05) is 25.2 Å².